The molecule has 18 heavy (non-hydrogen) atoms. The molecular formula is C14H16N2O2. The van der Waals surface area contributed by atoms with E-state index >= 15 is 0 Å². The number of H-pyrrole nitrogens is 1. The molecule has 0 bridgehead atoms. The van der Waals surface area contributed by atoms with Gasteiger partial charge >= 0.3 is 5.97 Å². The van der Waals surface area contributed by atoms with Crippen molar-refractivity contribution in [3.8, 4) is 0 Å². The predicted molar refractivity (Wildman–Crippen MR) is 69.4 cm³/mol. The van der Waals surface area contributed by atoms with Gasteiger partial charge in [0, 0.05) is 23.1 Å². The third kappa shape index (κ3) is 1.69. The predicted octanol–water partition coefficient (Wildman–Crippen LogP) is 1.92. The van der Waals surface area contributed by atoms with Crippen LogP contribution in [0.5, 0.6) is 0 Å². The SMILES string of the molecule is CCOC(=O)[C@@H]1NCCc2c1[nH]c1ccccc21. The molecule has 3 rings (SSSR count). The van der Waals surface area contributed by atoms with Gasteiger partial charge in [-0.1, -0.05) is 18.2 Å². The van der Waals surface area contributed by atoms with Crippen LogP contribution in [0.2, 0.25) is 0 Å². The fourth-order valence-electron chi connectivity index (χ4n) is 2.61. The van der Waals surface area contributed by atoms with Gasteiger partial charge in [0.05, 0.1) is 6.61 Å². The number of hydrogen-bond donors (Lipinski definition) is 2. The van der Waals surface area contributed by atoms with Crippen molar-refractivity contribution >= 4 is 16.9 Å². The smallest absolute Gasteiger partial charge is 0.329 e. The van der Waals surface area contributed by atoms with Crippen LogP contribution in [0.1, 0.15) is 24.2 Å². The number of carbonyl (C=O) groups is 1. The summed E-state index contributed by atoms with van der Waals surface area (Å²) in [4.78, 5) is 15.3. The molecule has 0 saturated heterocycles. The highest BCUT2D eigenvalue weighted by atomic mass is 16.5. The van der Waals surface area contributed by atoms with Crippen molar-refractivity contribution in [2.75, 3.05) is 13.2 Å². The van der Waals surface area contributed by atoms with E-state index in [1.165, 1.54) is 10.9 Å². The number of para-hydroxylation sites is 1. The van der Waals surface area contributed by atoms with Gasteiger partial charge in [0.15, 0.2) is 0 Å². The number of fused-ring (bicyclic) bond motifs is 3. The van der Waals surface area contributed by atoms with E-state index < -0.39 is 0 Å². The molecule has 0 saturated carbocycles. The summed E-state index contributed by atoms with van der Waals surface area (Å²) in [7, 11) is 0. The summed E-state index contributed by atoms with van der Waals surface area (Å²) >= 11 is 0. The maximum atomic E-state index is 11.9. The Labute approximate surface area is 105 Å². The molecule has 1 aromatic heterocycles. The zero-order valence-corrected chi connectivity index (χ0v) is 10.3. The highest BCUT2D eigenvalue weighted by molar-refractivity contribution is 5.88. The molecule has 4 nitrogen and oxygen atoms in total. The maximum Gasteiger partial charge on any atom is 0.329 e. The fourth-order valence-corrected chi connectivity index (χ4v) is 2.61. The topological polar surface area (TPSA) is 54.1 Å². The molecule has 4 heteroatoms. The van der Waals surface area contributed by atoms with Gasteiger partial charge < -0.3 is 9.72 Å². The van der Waals surface area contributed by atoms with Crippen molar-refractivity contribution in [2.24, 2.45) is 0 Å². The van der Waals surface area contributed by atoms with Gasteiger partial charge in [-0.25, -0.2) is 4.79 Å². The summed E-state index contributed by atoms with van der Waals surface area (Å²) < 4.78 is 5.11. The number of esters is 1. The van der Waals surface area contributed by atoms with Gasteiger partial charge in [0.1, 0.15) is 6.04 Å². The minimum absolute atomic E-state index is 0.204. The summed E-state index contributed by atoms with van der Waals surface area (Å²) in [6, 6.07) is 7.80. The van der Waals surface area contributed by atoms with Crippen LogP contribution in [0.25, 0.3) is 10.9 Å². The van der Waals surface area contributed by atoms with Gasteiger partial charge in [-0.2, -0.15) is 0 Å². The Hall–Kier alpha value is -1.81. The Bertz CT molecular complexity index is 588. The molecule has 1 atom stereocenters. The third-order valence-electron chi connectivity index (χ3n) is 3.38. The average Bonchev–Trinajstić information content (AvgIpc) is 2.77. The first-order valence-corrected chi connectivity index (χ1v) is 6.30. The molecule has 1 aliphatic rings. The number of carbonyl (C=O) groups excluding carboxylic acids is 1. The summed E-state index contributed by atoms with van der Waals surface area (Å²) in [6.07, 6.45) is 0.940. The molecule has 0 amide bonds. The van der Waals surface area contributed by atoms with E-state index in [0.29, 0.717) is 6.61 Å². The van der Waals surface area contributed by atoms with Crippen molar-refractivity contribution in [3.63, 3.8) is 0 Å². The Morgan fingerprint density at radius 1 is 1.44 bits per heavy atom. The van der Waals surface area contributed by atoms with Crippen molar-refractivity contribution in [1.29, 1.82) is 0 Å². The number of rotatable bonds is 2. The minimum Gasteiger partial charge on any atom is -0.465 e. The monoisotopic (exact) mass is 244 g/mol. The molecule has 0 unspecified atom stereocenters. The molecule has 0 spiro atoms. The van der Waals surface area contributed by atoms with Crippen LogP contribution in [0.15, 0.2) is 24.3 Å². The van der Waals surface area contributed by atoms with Gasteiger partial charge in [-0.3, -0.25) is 5.32 Å². The van der Waals surface area contributed by atoms with Gasteiger partial charge in [-0.15, -0.1) is 0 Å². The first-order chi connectivity index (χ1) is 8.81. The Kier molecular flexibility index (Phi) is 2.80. The normalized spacial score (nSPS) is 18.6. The maximum absolute atomic E-state index is 11.9. The van der Waals surface area contributed by atoms with Crippen molar-refractivity contribution in [2.45, 2.75) is 19.4 Å². The molecule has 1 aromatic carbocycles. The summed E-state index contributed by atoms with van der Waals surface area (Å²) in [5.74, 6) is -0.204. The van der Waals surface area contributed by atoms with Crippen LogP contribution >= 0.6 is 0 Å². The first-order valence-electron chi connectivity index (χ1n) is 6.30. The van der Waals surface area contributed by atoms with Crippen LogP contribution in [-0.4, -0.2) is 24.1 Å². The van der Waals surface area contributed by atoms with E-state index in [2.05, 4.69) is 16.4 Å². The lowest BCUT2D eigenvalue weighted by Crippen LogP contribution is -2.36. The standard InChI is InChI=1S/C14H16N2O2/c1-2-18-14(17)13-12-10(7-8-15-13)9-5-3-4-6-11(9)16-12/h3-6,13,15-16H,2,7-8H2,1H3/t13-/m1/s1. The molecule has 94 valence electrons. The average molecular weight is 244 g/mol. The lowest BCUT2D eigenvalue weighted by Gasteiger charge is -2.22. The number of nitrogens with one attached hydrogen (secondary N) is 2. The second-order valence-electron chi connectivity index (χ2n) is 4.45. The largest absolute Gasteiger partial charge is 0.465 e. The van der Waals surface area contributed by atoms with E-state index in [9.17, 15) is 4.79 Å². The molecule has 0 radical (unpaired) electrons. The van der Waals surface area contributed by atoms with Gasteiger partial charge in [-0.05, 0) is 25.0 Å². The van der Waals surface area contributed by atoms with Gasteiger partial charge in [0.25, 0.3) is 0 Å². The Morgan fingerprint density at radius 2 is 2.28 bits per heavy atom. The number of aromatic amines is 1. The lowest BCUT2D eigenvalue weighted by atomic mass is 9.99. The molecule has 0 aliphatic carbocycles. The molecule has 0 fully saturated rings. The van der Waals surface area contributed by atoms with Crippen LogP contribution in [0.4, 0.5) is 0 Å². The highest BCUT2D eigenvalue weighted by Gasteiger charge is 2.29. The fraction of sp³-hybridized carbons (Fsp3) is 0.357. The van der Waals surface area contributed by atoms with Crippen molar-refractivity contribution in [3.05, 3.63) is 35.5 Å². The van der Waals surface area contributed by atoms with E-state index in [1.807, 2.05) is 25.1 Å². The zero-order valence-electron chi connectivity index (χ0n) is 10.3. The first kappa shape index (κ1) is 11.3. The third-order valence-corrected chi connectivity index (χ3v) is 3.38. The molecule has 2 N–H and O–H groups in total. The molecule has 1 aliphatic heterocycles. The minimum atomic E-state index is -0.360. The van der Waals surface area contributed by atoms with Crippen LogP contribution in [-0.2, 0) is 16.0 Å². The number of benzene rings is 1. The summed E-state index contributed by atoms with van der Waals surface area (Å²) in [5, 5.41) is 4.43. The van der Waals surface area contributed by atoms with Gasteiger partial charge in [0.2, 0.25) is 0 Å². The summed E-state index contributed by atoms with van der Waals surface area (Å²) in [5.41, 5.74) is 3.28. The van der Waals surface area contributed by atoms with Crippen molar-refractivity contribution in [1.82, 2.24) is 10.3 Å². The second kappa shape index (κ2) is 4.46. The van der Waals surface area contributed by atoms with Crippen LogP contribution in [0, 0.1) is 0 Å². The Morgan fingerprint density at radius 3 is 3.11 bits per heavy atom. The molecular weight excluding hydrogens is 228 g/mol. The van der Waals surface area contributed by atoms with Crippen molar-refractivity contribution < 1.29 is 9.53 Å². The lowest BCUT2D eigenvalue weighted by molar-refractivity contribution is -0.146. The molecule has 2 aromatic rings. The zero-order chi connectivity index (χ0) is 12.5. The second-order valence-corrected chi connectivity index (χ2v) is 4.45. The van der Waals surface area contributed by atoms with Crippen LogP contribution < -0.4 is 5.32 Å². The number of aromatic nitrogens is 1. The van der Waals surface area contributed by atoms with E-state index in [0.717, 1.165) is 24.2 Å². The molecule has 2 heterocycles. The number of ether oxygens (including phenoxy) is 1. The quantitative estimate of drug-likeness (QED) is 0.793. The van der Waals surface area contributed by atoms with E-state index in [1.54, 1.807) is 0 Å². The number of hydrogen-bond acceptors (Lipinski definition) is 3. The van der Waals surface area contributed by atoms with Crippen LogP contribution in [0.3, 0.4) is 0 Å². The Balaban J connectivity index is 2.08. The van der Waals surface area contributed by atoms with E-state index in [4.69, 9.17) is 4.74 Å². The highest BCUT2D eigenvalue weighted by Crippen LogP contribution is 2.30. The van der Waals surface area contributed by atoms with E-state index in [-0.39, 0.29) is 12.0 Å². The summed E-state index contributed by atoms with van der Waals surface area (Å²) in [6.45, 7) is 3.04.